The third kappa shape index (κ3) is 6.35. The van der Waals surface area contributed by atoms with Gasteiger partial charge in [0.2, 0.25) is 11.8 Å². The van der Waals surface area contributed by atoms with Gasteiger partial charge >= 0.3 is 0 Å². The van der Waals surface area contributed by atoms with E-state index in [1.165, 1.54) is 21.2 Å². The SMILES string of the molecule is COCCCNC(=O)c1c(NC(=O)CCC(=O)N2CCC(c3ccccc3)=N2)sc2c1CCCC2. The molecule has 2 heterocycles. The lowest BCUT2D eigenvalue weighted by molar-refractivity contribution is -0.132. The maximum absolute atomic E-state index is 13.0. The van der Waals surface area contributed by atoms with Crippen LogP contribution in [0.4, 0.5) is 5.00 Å². The molecule has 9 heteroatoms. The van der Waals surface area contributed by atoms with Crippen LogP contribution < -0.4 is 10.6 Å². The third-order valence-electron chi connectivity index (χ3n) is 6.22. The quantitative estimate of drug-likeness (QED) is 0.489. The molecule has 3 amide bonds. The number of nitrogens with one attached hydrogen (secondary N) is 2. The zero-order valence-electron chi connectivity index (χ0n) is 20.1. The van der Waals surface area contributed by atoms with Crippen LogP contribution in [0.15, 0.2) is 35.4 Å². The van der Waals surface area contributed by atoms with E-state index in [-0.39, 0.29) is 30.6 Å². The van der Waals surface area contributed by atoms with Crippen molar-refractivity contribution in [3.63, 3.8) is 0 Å². The number of nitrogens with zero attached hydrogens (tertiary/aromatic N) is 2. The second kappa shape index (κ2) is 12.1. The summed E-state index contributed by atoms with van der Waals surface area (Å²) < 4.78 is 5.05. The highest BCUT2D eigenvalue weighted by Crippen LogP contribution is 2.38. The van der Waals surface area contributed by atoms with E-state index in [1.807, 2.05) is 30.3 Å². The van der Waals surface area contributed by atoms with Gasteiger partial charge in [-0.15, -0.1) is 11.3 Å². The summed E-state index contributed by atoms with van der Waals surface area (Å²) in [7, 11) is 1.63. The van der Waals surface area contributed by atoms with Crippen LogP contribution in [0.1, 0.15) is 64.9 Å². The summed E-state index contributed by atoms with van der Waals surface area (Å²) in [5, 5.41) is 12.4. The summed E-state index contributed by atoms with van der Waals surface area (Å²) in [6.07, 6.45) is 5.44. The van der Waals surface area contributed by atoms with Crippen molar-refractivity contribution in [2.75, 3.05) is 32.1 Å². The van der Waals surface area contributed by atoms with Gasteiger partial charge in [0.05, 0.1) is 17.8 Å². The van der Waals surface area contributed by atoms with Crippen LogP contribution in [0.25, 0.3) is 0 Å². The standard InChI is InChI=1S/C26H32N4O4S/c1-34-17-7-15-27-25(33)24-19-10-5-6-11-21(19)35-26(24)28-22(31)12-13-23(32)30-16-14-20(29-30)18-8-3-2-4-9-18/h2-4,8-9H,5-7,10-17H2,1H3,(H,27,33)(H,28,31). The number of aryl methyl sites for hydroxylation is 1. The van der Waals surface area contributed by atoms with Crippen LogP contribution in [0.5, 0.6) is 0 Å². The minimum atomic E-state index is -0.267. The molecule has 1 aromatic heterocycles. The van der Waals surface area contributed by atoms with Crippen molar-refractivity contribution in [2.24, 2.45) is 5.10 Å². The number of rotatable bonds is 10. The third-order valence-corrected chi connectivity index (χ3v) is 7.43. The molecule has 0 fully saturated rings. The Kier molecular flexibility index (Phi) is 8.65. The van der Waals surface area contributed by atoms with Gasteiger partial charge in [-0.2, -0.15) is 5.10 Å². The Hall–Kier alpha value is -3.04. The number of amides is 3. The molecule has 0 unspecified atom stereocenters. The highest BCUT2D eigenvalue weighted by molar-refractivity contribution is 7.17. The number of benzene rings is 1. The van der Waals surface area contributed by atoms with E-state index >= 15 is 0 Å². The highest BCUT2D eigenvalue weighted by Gasteiger charge is 2.27. The molecule has 1 aliphatic heterocycles. The van der Waals surface area contributed by atoms with Gasteiger partial charge < -0.3 is 15.4 Å². The van der Waals surface area contributed by atoms with Gasteiger partial charge in [0.15, 0.2) is 0 Å². The first-order valence-corrected chi connectivity index (χ1v) is 13.0. The number of hydrazone groups is 1. The monoisotopic (exact) mass is 496 g/mol. The van der Waals surface area contributed by atoms with E-state index in [1.54, 1.807) is 7.11 Å². The van der Waals surface area contributed by atoms with E-state index in [0.29, 0.717) is 36.7 Å². The number of ether oxygens (including phenoxy) is 1. The fourth-order valence-corrected chi connectivity index (χ4v) is 5.71. The largest absolute Gasteiger partial charge is 0.385 e. The average Bonchev–Trinajstić information content (AvgIpc) is 3.51. The molecular formula is C26H32N4O4S. The maximum Gasteiger partial charge on any atom is 0.254 e. The molecule has 0 saturated heterocycles. The van der Waals surface area contributed by atoms with Crippen molar-refractivity contribution in [3.8, 4) is 0 Å². The number of carbonyl (C=O) groups is 3. The number of hydrogen-bond donors (Lipinski definition) is 2. The minimum absolute atomic E-state index is 0.0446. The predicted molar refractivity (Wildman–Crippen MR) is 137 cm³/mol. The Balaban J connectivity index is 1.35. The molecule has 0 atom stereocenters. The first kappa shape index (κ1) is 25.1. The van der Waals surface area contributed by atoms with Gasteiger partial charge in [0.25, 0.3) is 5.91 Å². The van der Waals surface area contributed by atoms with E-state index < -0.39 is 0 Å². The number of carbonyl (C=O) groups excluding carboxylic acids is 3. The summed E-state index contributed by atoms with van der Waals surface area (Å²) in [5.74, 6) is -0.601. The molecule has 0 radical (unpaired) electrons. The van der Waals surface area contributed by atoms with Crippen molar-refractivity contribution in [1.29, 1.82) is 0 Å². The fourth-order valence-electron chi connectivity index (χ4n) is 4.41. The van der Waals surface area contributed by atoms with Crippen molar-refractivity contribution in [2.45, 2.75) is 51.4 Å². The molecule has 2 aromatic rings. The van der Waals surface area contributed by atoms with Gasteiger partial charge in [-0.05, 0) is 43.2 Å². The van der Waals surface area contributed by atoms with Gasteiger partial charge in [-0.25, -0.2) is 5.01 Å². The summed E-state index contributed by atoms with van der Waals surface area (Å²) >= 11 is 1.49. The van der Waals surface area contributed by atoms with Crippen LogP contribution in [0.3, 0.4) is 0 Å². The molecule has 1 aliphatic carbocycles. The molecule has 0 spiro atoms. The molecule has 2 aliphatic rings. The molecule has 0 bridgehead atoms. The van der Waals surface area contributed by atoms with E-state index in [0.717, 1.165) is 48.9 Å². The van der Waals surface area contributed by atoms with Crippen LogP contribution in [-0.4, -0.2) is 55.2 Å². The van der Waals surface area contributed by atoms with Gasteiger partial charge in [-0.1, -0.05) is 30.3 Å². The highest BCUT2D eigenvalue weighted by atomic mass is 32.1. The van der Waals surface area contributed by atoms with Crippen molar-refractivity contribution >= 4 is 39.8 Å². The molecule has 2 N–H and O–H groups in total. The summed E-state index contributed by atoms with van der Waals surface area (Å²) in [6, 6.07) is 9.80. The van der Waals surface area contributed by atoms with Crippen molar-refractivity contribution < 1.29 is 19.1 Å². The number of hydrogen-bond acceptors (Lipinski definition) is 6. The molecule has 4 rings (SSSR count). The Morgan fingerprint density at radius 2 is 1.89 bits per heavy atom. The second-order valence-corrected chi connectivity index (χ2v) is 9.85. The van der Waals surface area contributed by atoms with E-state index in [2.05, 4.69) is 15.7 Å². The summed E-state index contributed by atoms with van der Waals surface area (Å²) in [6.45, 7) is 1.61. The molecule has 186 valence electrons. The smallest absolute Gasteiger partial charge is 0.254 e. The molecule has 0 saturated carbocycles. The van der Waals surface area contributed by atoms with Crippen molar-refractivity contribution in [1.82, 2.24) is 10.3 Å². The van der Waals surface area contributed by atoms with Crippen LogP contribution in [0, 0.1) is 0 Å². The predicted octanol–water partition coefficient (Wildman–Crippen LogP) is 3.75. The molecule has 8 nitrogen and oxygen atoms in total. The number of anilines is 1. The Labute approximate surface area is 209 Å². The first-order valence-electron chi connectivity index (χ1n) is 12.2. The Morgan fingerprint density at radius 3 is 2.69 bits per heavy atom. The number of methoxy groups -OCH3 is 1. The lowest BCUT2D eigenvalue weighted by atomic mass is 9.95. The number of fused-ring (bicyclic) bond motifs is 1. The van der Waals surface area contributed by atoms with Gasteiger partial charge in [-0.3, -0.25) is 14.4 Å². The summed E-state index contributed by atoms with van der Waals surface area (Å²) in [4.78, 5) is 39.5. The molecule has 1 aromatic carbocycles. The van der Waals surface area contributed by atoms with Crippen LogP contribution in [0.2, 0.25) is 0 Å². The van der Waals surface area contributed by atoms with Crippen molar-refractivity contribution in [3.05, 3.63) is 51.9 Å². The lowest BCUT2D eigenvalue weighted by Gasteiger charge is -2.13. The topological polar surface area (TPSA) is 100 Å². The van der Waals surface area contributed by atoms with Crippen LogP contribution >= 0.6 is 11.3 Å². The van der Waals surface area contributed by atoms with Gasteiger partial charge in [0, 0.05) is 44.4 Å². The lowest BCUT2D eigenvalue weighted by Crippen LogP contribution is -2.28. The van der Waals surface area contributed by atoms with Crippen LogP contribution in [-0.2, 0) is 27.2 Å². The average molecular weight is 497 g/mol. The first-order chi connectivity index (χ1) is 17.1. The Bertz CT molecular complexity index is 1100. The van der Waals surface area contributed by atoms with E-state index in [4.69, 9.17) is 4.74 Å². The maximum atomic E-state index is 13.0. The normalized spacial score (nSPS) is 14.9. The van der Waals surface area contributed by atoms with E-state index in [9.17, 15) is 14.4 Å². The second-order valence-electron chi connectivity index (χ2n) is 8.75. The Morgan fingerprint density at radius 1 is 1.09 bits per heavy atom. The van der Waals surface area contributed by atoms with Gasteiger partial charge in [0.1, 0.15) is 5.00 Å². The molecule has 35 heavy (non-hydrogen) atoms. The zero-order chi connectivity index (χ0) is 24.6. The zero-order valence-corrected chi connectivity index (χ0v) is 20.9. The molecular weight excluding hydrogens is 464 g/mol. The summed E-state index contributed by atoms with van der Waals surface area (Å²) in [5.41, 5.74) is 3.53. The minimum Gasteiger partial charge on any atom is -0.385 e. The fraction of sp³-hybridized carbons (Fsp3) is 0.462. The number of thiophene rings is 1.